The van der Waals surface area contributed by atoms with E-state index in [1.165, 1.54) is 10.6 Å². The molecule has 0 unspecified atom stereocenters. The minimum Gasteiger partial charge on any atom is -0.352 e. The van der Waals surface area contributed by atoms with Crippen LogP contribution in [-0.2, 0) is 11.3 Å². The molecule has 3 rings (SSSR count). The van der Waals surface area contributed by atoms with Crippen molar-refractivity contribution < 1.29 is 18.4 Å². The number of aromatic nitrogens is 1. The third kappa shape index (κ3) is 4.48. The predicted octanol–water partition coefficient (Wildman–Crippen LogP) is 3.06. The third-order valence-corrected chi connectivity index (χ3v) is 4.31. The zero-order valence-electron chi connectivity index (χ0n) is 15.7. The number of carbonyl (C=O) groups is 2. The van der Waals surface area contributed by atoms with Crippen molar-refractivity contribution in [3.63, 3.8) is 0 Å². The minimum atomic E-state index is -0.918. The number of rotatable bonds is 6. The normalized spacial score (nSPS) is 10.7. The van der Waals surface area contributed by atoms with Crippen molar-refractivity contribution in [2.45, 2.75) is 19.9 Å². The van der Waals surface area contributed by atoms with Crippen molar-refractivity contribution in [1.29, 1.82) is 0 Å². The van der Waals surface area contributed by atoms with Gasteiger partial charge in [-0.05, 0) is 24.6 Å². The monoisotopic (exact) mass is 399 g/mol. The van der Waals surface area contributed by atoms with E-state index in [1.807, 2.05) is 6.92 Å². The van der Waals surface area contributed by atoms with Crippen molar-refractivity contribution >= 4 is 28.4 Å². The highest BCUT2D eigenvalue weighted by molar-refractivity contribution is 6.06. The van der Waals surface area contributed by atoms with Crippen LogP contribution in [0.15, 0.2) is 53.3 Å². The maximum atomic E-state index is 13.8. The second-order valence-corrected chi connectivity index (χ2v) is 6.43. The fourth-order valence-corrected chi connectivity index (χ4v) is 2.94. The summed E-state index contributed by atoms with van der Waals surface area (Å²) in [6.07, 6.45) is 0.751. The fraction of sp³-hybridized carbons (Fsp3) is 0.190. The van der Waals surface area contributed by atoms with Crippen LogP contribution in [0.2, 0.25) is 0 Å². The van der Waals surface area contributed by atoms with Gasteiger partial charge in [-0.3, -0.25) is 19.0 Å². The van der Waals surface area contributed by atoms with Crippen molar-refractivity contribution in [2.24, 2.45) is 0 Å². The number of hydrogen-bond donors (Lipinski definition) is 2. The van der Waals surface area contributed by atoms with Gasteiger partial charge in [0.2, 0.25) is 5.91 Å². The molecule has 0 radical (unpaired) electrons. The van der Waals surface area contributed by atoms with E-state index in [9.17, 15) is 23.2 Å². The summed E-state index contributed by atoms with van der Waals surface area (Å²) in [5.41, 5.74) is -0.110. The molecule has 2 amide bonds. The molecule has 150 valence electrons. The molecule has 0 aliphatic rings. The lowest BCUT2D eigenvalue weighted by molar-refractivity contribution is -0.116. The lowest BCUT2D eigenvalue weighted by atomic mass is 10.1. The molecule has 0 atom stereocenters. The Morgan fingerprint density at radius 3 is 2.55 bits per heavy atom. The van der Waals surface area contributed by atoms with Crippen LogP contribution in [0, 0.1) is 11.6 Å². The van der Waals surface area contributed by atoms with Gasteiger partial charge >= 0.3 is 0 Å². The summed E-state index contributed by atoms with van der Waals surface area (Å²) >= 11 is 0. The lowest BCUT2D eigenvalue weighted by Crippen LogP contribution is -2.31. The first-order valence-corrected chi connectivity index (χ1v) is 9.06. The molecule has 0 bridgehead atoms. The molecule has 6 nitrogen and oxygen atoms in total. The van der Waals surface area contributed by atoms with E-state index in [1.54, 1.807) is 24.3 Å². The Balaban J connectivity index is 1.93. The first kappa shape index (κ1) is 20.2. The molecule has 1 aromatic heterocycles. The second-order valence-electron chi connectivity index (χ2n) is 6.43. The Morgan fingerprint density at radius 1 is 1.07 bits per heavy atom. The lowest BCUT2D eigenvalue weighted by Gasteiger charge is -2.14. The van der Waals surface area contributed by atoms with E-state index in [2.05, 4.69) is 10.6 Å². The molecule has 0 aliphatic carbocycles. The Morgan fingerprint density at radius 2 is 1.83 bits per heavy atom. The van der Waals surface area contributed by atoms with Gasteiger partial charge in [0.15, 0.2) is 0 Å². The number of benzene rings is 2. The van der Waals surface area contributed by atoms with Crippen molar-refractivity contribution in [3.8, 4) is 0 Å². The number of para-hydroxylation sites is 1. The van der Waals surface area contributed by atoms with Crippen LogP contribution in [0.3, 0.4) is 0 Å². The SMILES string of the molecule is CCCNC(=O)c1cc(=O)n(CC(=O)Nc2ccc(F)cc2F)c2ccccc12. The van der Waals surface area contributed by atoms with Crippen LogP contribution in [0.4, 0.5) is 14.5 Å². The van der Waals surface area contributed by atoms with Gasteiger partial charge in [0.05, 0.1) is 16.8 Å². The average molecular weight is 399 g/mol. The highest BCUT2D eigenvalue weighted by Crippen LogP contribution is 2.18. The topological polar surface area (TPSA) is 80.2 Å². The smallest absolute Gasteiger partial charge is 0.252 e. The molecule has 3 aromatic rings. The first-order chi connectivity index (χ1) is 13.9. The third-order valence-electron chi connectivity index (χ3n) is 4.31. The van der Waals surface area contributed by atoms with Gasteiger partial charge in [-0.15, -0.1) is 0 Å². The van der Waals surface area contributed by atoms with Crippen LogP contribution < -0.4 is 16.2 Å². The number of hydrogen-bond acceptors (Lipinski definition) is 3. The Hall–Kier alpha value is -3.55. The van der Waals surface area contributed by atoms with E-state index in [-0.39, 0.29) is 17.2 Å². The standard InChI is InChI=1S/C21H19F2N3O3/c1-2-9-24-21(29)15-11-20(28)26(18-6-4-3-5-14(15)18)12-19(27)25-17-8-7-13(22)10-16(17)23/h3-8,10-11H,2,9,12H2,1H3,(H,24,29)(H,25,27). The summed E-state index contributed by atoms with van der Waals surface area (Å²) in [5.74, 6) is -2.71. The Labute approximate surface area is 165 Å². The van der Waals surface area contributed by atoms with Crippen molar-refractivity contribution in [1.82, 2.24) is 9.88 Å². The van der Waals surface area contributed by atoms with Crippen LogP contribution in [0.1, 0.15) is 23.7 Å². The molecule has 29 heavy (non-hydrogen) atoms. The molecule has 2 aromatic carbocycles. The van der Waals surface area contributed by atoms with E-state index < -0.39 is 29.6 Å². The Kier molecular flexibility index (Phi) is 6.01. The zero-order valence-corrected chi connectivity index (χ0v) is 15.7. The minimum absolute atomic E-state index is 0.190. The number of halogens is 2. The van der Waals surface area contributed by atoms with Crippen molar-refractivity contribution in [3.05, 3.63) is 76.1 Å². The maximum Gasteiger partial charge on any atom is 0.252 e. The summed E-state index contributed by atoms with van der Waals surface area (Å²) in [6.45, 7) is 1.99. The molecular weight excluding hydrogens is 380 g/mol. The molecule has 2 N–H and O–H groups in total. The molecule has 0 spiro atoms. The number of nitrogens with one attached hydrogen (secondary N) is 2. The Bertz CT molecular complexity index is 1140. The zero-order chi connectivity index (χ0) is 21.0. The first-order valence-electron chi connectivity index (χ1n) is 9.06. The van der Waals surface area contributed by atoms with Crippen molar-refractivity contribution in [2.75, 3.05) is 11.9 Å². The van der Waals surface area contributed by atoms with Crippen LogP contribution in [0.25, 0.3) is 10.9 Å². The largest absolute Gasteiger partial charge is 0.352 e. The molecule has 8 heteroatoms. The summed E-state index contributed by atoms with van der Waals surface area (Å²) in [6, 6.07) is 10.7. The molecule has 0 aliphatic heterocycles. The van der Waals surface area contributed by atoms with E-state index in [0.717, 1.165) is 18.6 Å². The summed E-state index contributed by atoms with van der Waals surface area (Å²) in [4.78, 5) is 37.4. The van der Waals surface area contributed by atoms with Gasteiger partial charge in [-0.25, -0.2) is 8.78 Å². The number of fused-ring (bicyclic) bond motifs is 1. The maximum absolute atomic E-state index is 13.8. The second kappa shape index (κ2) is 8.64. The van der Waals surface area contributed by atoms with Crippen LogP contribution >= 0.6 is 0 Å². The van der Waals surface area contributed by atoms with Crippen LogP contribution in [-0.4, -0.2) is 22.9 Å². The number of anilines is 1. The van der Waals surface area contributed by atoms with Gasteiger partial charge in [0.1, 0.15) is 18.2 Å². The summed E-state index contributed by atoms with van der Waals surface area (Å²) in [7, 11) is 0. The van der Waals surface area contributed by atoms with E-state index in [4.69, 9.17) is 0 Å². The van der Waals surface area contributed by atoms with Gasteiger partial charge in [-0.2, -0.15) is 0 Å². The fourth-order valence-electron chi connectivity index (χ4n) is 2.94. The molecule has 1 heterocycles. The molecule has 0 saturated carbocycles. The van der Waals surface area contributed by atoms with Gasteiger partial charge in [0, 0.05) is 24.1 Å². The van der Waals surface area contributed by atoms with Crippen LogP contribution in [0.5, 0.6) is 0 Å². The van der Waals surface area contributed by atoms with E-state index in [0.29, 0.717) is 23.5 Å². The number of pyridine rings is 1. The quantitative estimate of drug-likeness (QED) is 0.669. The number of amides is 2. The van der Waals surface area contributed by atoms with E-state index >= 15 is 0 Å². The highest BCUT2D eigenvalue weighted by Gasteiger charge is 2.16. The summed E-state index contributed by atoms with van der Waals surface area (Å²) in [5, 5.41) is 5.57. The van der Waals surface area contributed by atoms with Gasteiger partial charge in [0.25, 0.3) is 11.5 Å². The number of nitrogens with zero attached hydrogens (tertiary/aromatic N) is 1. The van der Waals surface area contributed by atoms with Gasteiger partial charge < -0.3 is 10.6 Å². The summed E-state index contributed by atoms with van der Waals surface area (Å²) < 4.78 is 28.0. The highest BCUT2D eigenvalue weighted by atomic mass is 19.1. The number of carbonyl (C=O) groups excluding carboxylic acids is 2. The van der Waals surface area contributed by atoms with Gasteiger partial charge in [-0.1, -0.05) is 25.1 Å². The molecule has 0 saturated heterocycles. The predicted molar refractivity (Wildman–Crippen MR) is 106 cm³/mol. The average Bonchev–Trinajstić information content (AvgIpc) is 2.70. The molecule has 0 fully saturated rings. The molecular formula is C21H19F2N3O3.